The second-order valence-electron chi connectivity index (χ2n) is 7.06. The van der Waals surface area contributed by atoms with Gasteiger partial charge in [0.2, 0.25) is 0 Å². The van der Waals surface area contributed by atoms with Crippen LogP contribution in [0, 0.1) is 11.8 Å². The summed E-state index contributed by atoms with van der Waals surface area (Å²) in [6.07, 6.45) is 9.00. The van der Waals surface area contributed by atoms with Gasteiger partial charge in [0, 0.05) is 31.2 Å². The van der Waals surface area contributed by atoms with Gasteiger partial charge in [-0.15, -0.1) is 0 Å². The Labute approximate surface area is 150 Å². The molecule has 0 aliphatic heterocycles. The second-order valence-corrected chi connectivity index (χ2v) is 7.91. The quantitative estimate of drug-likeness (QED) is 0.701. The molecule has 3 N–H and O–H groups in total. The minimum Gasteiger partial charge on any atom is -0.396 e. The van der Waals surface area contributed by atoms with E-state index in [1.807, 2.05) is 10.6 Å². The molecule has 24 heavy (non-hydrogen) atoms. The summed E-state index contributed by atoms with van der Waals surface area (Å²) in [5.74, 6) is 2.93. The molecule has 130 valence electrons. The van der Waals surface area contributed by atoms with Crippen LogP contribution in [0.4, 0.5) is 11.6 Å². The number of halogens is 1. The maximum atomic E-state index is 9.63. The van der Waals surface area contributed by atoms with Crippen molar-refractivity contribution in [3.8, 4) is 0 Å². The third-order valence-corrected chi connectivity index (χ3v) is 5.73. The number of hydrogen-bond donors (Lipinski definition) is 3. The van der Waals surface area contributed by atoms with Crippen LogP contribution < -0.4 is 10.6 Å². The van der Waals surface area contributed by atoms with Crippen LogP contribution in [0.3, 0.4) is 0 Å². The highest BCUT2D eigenvalue weighted by Crippen LogP contribution is 2.31. The average molecular weight is 394 g/mol. The van der Waals surface area contributed by atoms with Crippen molar-refractivity contribution in [1.29, 1.82) is 0 Å². The van der Waals surface area contributed by atoms with Gasteiger partial charge in [0.1, 0.15) is 11.6 Å². The highest BCUT2D eigenvalue weighted by atomic mass is 79.9. The Hall–Kier alpha value is -1.34. The van der Waals surface area contributed by atoms with Crippen molar-refractivity contribution in [1.82, 2.24) is 14.6 Å². The molecule has 0 bridgehead atoms. The first kappa shape index (κ1) is 16.1. The minimum absolute atomic E-state index is 0.239. The van der Waals surface area contributed by atoms with E-state index in [9.17, 15) is 5.11 Å². The molecule has 2 aromatic rings. The first-order chi connectivity index (χ1) is 11.7. The van der Waals surface area contributed by atoms with Crippen LogP contribution in [-0.4, -0.2) is 38.9 Å². The van der Waals surface area contributed by atoms with Crippen molar-refractivity contribution in [2.24, 2.45) is 11.8 Å². The lowest BCUT2D eigenvalue weighted by Crippen LogP contribution is -2.34. The number of nitrogens with zero attached hydrogens (tertiary/aromatic N) is 3. The molecule has 2 atom stereocenters. The van der Waals surface area contributed by atoms with Crippen LogP contribution >= 0.6 is 15.9 Å². The molecule has 0 unspecified atom stereocenters. The standard InChI is InChI=1S/C17H24BrN5O/c18-13-9-20-23-16(19-8-11-5-6-11)7-15(22-17(13)23)21-14-4-2-1-3-12(14)10-24/h7,9,11-12,14,19,24H,1-6,8,10H2,(H,21,22)/t12-,14-/m0/s1. The minimum atomic E-state index is 0.239. The zero-order chi connectivity index (χ0) is 16.5. The summed E-state index contributed by atoms with van der Waals surface area (Å²) >= 11 is 3.54. The zero-order valence-corrected chi connectivity index (χ0v) is 15.3. The fraction of sp³-hybridized carbons (Fsp3) is 0.647. The first-order valence-electron chi connectivity index (χ1n) is 8.90. The van der Waals surface area contributed by atoms with Crippen molar-refractivity contribution in [2.75, 3.05) is 23.8 Å². The molecule has 2 aliphatic carbocycles. The van der Waals surface area contributed by atoms with Gasteiger partial charge >= 0.3 is 0 Å². The predicted octanol–water partition coefficient (Wildman–Crippen LogP) is 3.28. The number of aromatic nitrogens is 3. The van der Waals surface area contributed by atoms with Gasteiger partial charge in [-0.25, -0.2) is 4.98 Å². The Bertz CT molecular complexity index is 714. The monoisotopic (exact) mass is 393 g/mol. The number of fused-ring (bicyclic) bond motifs is 1. The van der Waals surface area contributed by atoms with Crippen LogP contribution in [0.5, 0.6) is 0 Å². The molecular formula is C17H24BrN5O. The van der Waals surface area contributed by atoms with Crippen molar-refractivity contribution >= 4 is 33.2 Å². The SMILES string of the molecule is OC[C@@H]1CCCC[C@@H]1Nc1cc(NCC2CC2)n2ncc(Br)c2n1. The van der Waals surface area contributed by atoms with Crippen LogP contribution in [0.25, 0.3) is 5.65 Å². The van der Waals surface area contributed by atoms with E-state index in [-0.39, 0.29) is 12.6 Å². The molecule has 2 heterocycles. The summed E-state index contributed by atoms with van der Waals surface area (Å²) in [5, 5.41) is 21.1. The van der Waals surface area contributed by atoms with Crippen molar-refractivity contribution in [3.05, 3.63) is 16.7 Å². The predicted molar refractivity (Wildman–Crippen MR) is 98.4 cm³/mol. The molecule has 0 saturated heterocycles. The summed E-state index contributed by atoms with van der Waals surface area (Å²) in [5.41, 5.74) is 0.814. The van der Waals surface area contributed by atoms with Crippen LogP contribution in [0.1, 0.15) is 38.5 Å². The number of nitrogens with one attached hydrogen (secondary N) is 2. The molecule has 0 aromatic carbocycles. The van der Waals surface area contributed by atoms with E-state index >= 15 is 0 Å². The molecule has 2 aromatic heterocycles. The highest BCUT2D eigenvalue weighted by Gasteiger charge is 2.25. The number of anilines is 2. The van der Waals surface area contributed by atoms with Crippen molar-refractivity contribution in [2.45, 2.75) is 44.6 Å². The van der Waals surface area contributed by atoms with Gasteiger partial charge in [0.05, 0.1) is 10.7 Å². The Balaban J connectivity index is 1.60. The third kappa shape index (κ3) is 3.37. The first-order valence-corrected chi connectivity index (χ1v) is 9.69. The largest absolute Gasteiger partial charge is 0.396 e. The van der Waals surface area contributed by atoms with E-state index in [1.165, 1.54) is 25.7 Å². The smallest absolute Gasteiger partial charge is 0.173 e. The van der Waals surface area contributed by atoms with Crippen molar-refractivity contribution in [3.63, 3.8) is 0 Å². The van der Waals surface area contributed by atoms with Crippen LogP contribution in [0.15, 0.2) is 16.7 Å². The van der Waals surface area contributed by atoms with E-state index in [0.29, 0.717) is 5.92 Å². The van der Waals surface area contributed by atoms with Gasteiger partial charge in [-0.05, 0) is 47.5 Å². The summed E-state index contributed by atoms with van der Waals surface area (Å²) in [6, 6.07) is 2.33. The Morgan fingerprint density at radius 3 is 2.88 bits per heavy atom. The lowest BCUT2D eigenvalue weighted by atomic mass is 9.85. The molecule has 4 rings (SSSR count). The molecule has 0 amide bonds. The Kier molecular flexibility index (Phi) is 4.63. The van der Waals surface area contributed by atoms with Crippen LogP contribution in [0.2, 0.25) is 0 Å². The lowest BCUT2D eigenvalue weighted by molar-refractivity contribution is 0.178. The fourth-order valence-corrected chi connectivity index (χ4v) is 3.86. The Morgan fingerprint density at radius 1 is 1.25 bits per heavy atom. The van der Waals surface area contributed by atoms with Crippen molar-refractivity contribution < 1.29 is 5.11 Å². The van der Waals surface area contributed by atoms with Gasteiger partial charge in [0.15, 0.2) is 5.65 Å². The second kappa shape index (κ2) is 6.88. The zero-order valence-electron chi connectivity index (χ0n) is 13.7. The Morgan fingerprint density at radius 2 is 2.08 bits per heavy atom. The van der Waals surface area contributed by atoms with Gasteiger partial charge in [0.25, 0.3) is 0 Å². The van der Waals surface area contributed by atoms with Gasteiger partial charge < -0.3 is 15.7 Å². The number of aliphatic hydroxyl groups is 1. The summed E-state index contributed by atoms with van der Waals surface area (Å²) in [7, 11) is 0. The normalized spacial score (nSPS) is 24.2. The molecule has 6 nitrogen and oxygen atoms in total. The molecule has 0 radical (unpaired) electrons. The maximum Gasteiger partial charge on any atom is 0.173 e. The van der Waals surface area contributed by atoms with E-state index in [4.69, 9.17) is 4.98 Å². The van der Waals surface area contributed by atoms with Crippen LogP contribution in [-0.2, 0) is 0 Å². The van der Waals surface area contributed by atoms with E-state index in [1.54, 1.807) is 6.20 Å². The lowest BCUT2D eigenvalue weighted by Gasteiger charge is -2.31. The molecule has 7 heteroatoms. The van der Waals surface area contributed by atoms with Gasteiger partial charge in [-0.2, -0.15) is 9.61 Å². The van der Waals surface area contributed by atoms with E-state index in [2.05, 4.69) is 31.7 Å². The number of hydrogen-bond acceptors (Lipinski definition) is 5. The number of rotatable bonds is 6. The molecule has 2 fully saturated rings. The molecular weight excluding hydrogens is 370 g/mol. The van der Waals surface area contributed by atoms with Gasteiger partial charge in [-0.1, -0.05) is 12.8 Å². The van der Waals surface area contributed by atoms with E-state index in [0.717, 1.165) is 47.1 Å². The summed E-state index contributed by atoms with van der Waals surface area (Å²) in [4.78, 5) is 4.72. The fourth-order valence-electron chi connectivity index (χ4n) is 3.51. The maximum absolute atomic E-state index is 9.63. The average Bonchev–Trinajstić information content (AvgIpc) is 3.36. The highest BCUT2D eigenvalue weighted by molar-refractivity contribution is 9.10. The van der Waals surface area contributed by atoms with Gasteiger partial charge in [-0.3, -0.25) is 0 Å². The molecule has 2 aliphatic rings. The third-order valence-electron chi connectivity index (χ3n) is 5.17. The topological polar surface area (TPSA) is 74.5 Å². The number of aliphatic hydroxyl groups excluding tert-OH is 1. The summed E-state index contributed by atoms with van der Waals surface area (Å²) < 4.78 is 2.74. The molecule has 0 spiro atoms. The molecule has 2 saturated carbocycles. The van der Waals surface area contributed by atoms with E-state index < -0.39 is 0 Å². The summed E-state index contributed by atoms with van der Waals surface area (Å²) in [6.45, 7) is 1.22.